The first-order valence-corrected chi connectivity index (χ1v) is 5.97. The molecule has 0 saturated carbocycles. The van der Waals surface area contributed by atoms with Crippen molar-refractivity contribution in [3.63, 3.8) is 0 Å². The van der Waals surface area contributed by atoms with E-state index >= 15 is 0 Å². The lowest BCUT2D eigenvalue weighted by Crippen LogP contribution is -2.32. The molecule has 7 nitrogen and oxygen atoms in total. The Morgan fingerprint density at radius 1 is 1.47 bits per heavy atom. The summed E-state index contributed by atoms with van der Waals surface area (Å²) < 4.78 is 5.12. The number of amides is 1. The van der Waals surface area contributed by atoms with Crippen LogP contribution in [-0.2, 0) is 11.3 Å². The molecule has 0 radical (unpaired) electrons. The van der Waals surface area contributed by atoms with Crippen molar-refractivity contribution in [3.05, 3.63) is 39.9 Å². The molecule has 0 unspecified atom stereocenters. The second-order valence-corrected chi connectivity index (χ2v) is 4.47. The van der Waals surface area contributed by atoms with E-state index in [4.69, 9.17) is 10.5 Å². The number of non-ortho nitro benzene ring substituents is 1. The molecule has 1 aliphatic rings. The Kier molecular flexibility index (Phi) is 3.96. The van der Waals surface area contributed by atoms with E-state index in [-0.39, 0.29) is 18.3 Å². The zero-order chi connectivity index (χ0) is 13.8. The molecule has 19 heavy (non-hydrogen) atoms. The molecule has 0 spiro atoms. The third-order valence-electron chi connectivity index (χ3n) is 2.99. The monoisotopic (exact) mass is 265 g/mol. The number of carbonyl (C=O) groups is 1. The molecule has 1 aromatic carbocycles. The number of nitro groups is 1. The minimum atomic E-state index is -0.471. The number of carbonyl (C=O) groups excluding carboxylic acids is 1. The fourth-order valence-electron chi connectivity index (χ4n) is 1.90. The molecule has 1 aromatic rings. The average molecular weight is 265 g/mol. The third kappa shape index (κ3) is 3.41. The summed E-state index contributed by atoms with van der Waals surface area (Å²) in [5.74, 6) is 0. The highest BCUT2D eigenvalue weighted by atomic mass is 16.6. The van der Waals surface area contributed by atoms with Gasteiger partial charge in [0.05, 0.1) is 4.92 Å². The van der Waals surface area contributed by atoms with Crippen LogP contribution in [0.1, 0.15) is 12.0 Å². The summed E-state index contributed by atoms with van der Waals surface area (Å²) in [6.45, 7) is 1.22. The van der Waals surface area contributed by atoms with Gasteiger partial charge in [-0.1, -0.05) is 0 Å². The highest BCUT2D eigenvalue weighted by molar-refractivity contribution is 5.68. The number of nitro benzene ring substituents is 1. The van der Waals surface area contributed by atoms with E-state index < -0.39 is 11.0 Å². The van der Waals surface area contributed by atoms with Gasteiger partial charge in [0, 0.05) is 31.3 Å². The zero-order valence-corrected chi connectivity index (χ0v) is 10.3. The van der Waals surface area contributed by atoms with Crippen LogP contribution in [0.3, 0.4) is 0 Å². The Morgan fingerprint density at radius 3 is 2.68 bits per heavy atom. The number of hydrogen-bond donors (Lipinski definition) is 1. The summed E-state index contributed by atoms with van der Waals surface area (Å²) in [4.78, 5) is 23.3. The first kappa shape index (κ1) is 13.3. The lowest BCUT2D eigenvalue weighted by atomic mass is 10.2. The number of ether oxygens (including phenoxy) is 1. The Labute approximate surface area is 110 Å². The summed E-state index contributed by atoms with van der Waals surface area (Å²) in [6, 6.07) is 5.93. The van der Waals surface area contributed by atoms with Crippen LogP contribution in [0.5, 0.6) is 0 Å². The van der Waals surface area contributed by atoms with E-state index in [1.54, 1.807) is 17.0 Å². The summed E-state index contributed by atoms with van der Waals surface area (Å²) in [5.41, 5.74) is 6.43. The molecule has 1 atom stereocenters. The predicted molar refractivity (Wildman–Crippen MR) is 67.4 cm³/mol. The van der Waals surface area contributed by atoms with Gasteiger partial charge in [0.2, 0.25) is 0 Å². The zero-order valence-electron chi connectivity index (χ0n) is 10.3. The molecule has 102 valence electrons. The van der Waals surface area contributed by atoms with Crippen LogP contribution >= 0.6 is 0 Å². The molecule has 0 bridgehead atoms. The van der Waals surface area contributed by atoms with E-state index in [0.717, 1.165) is 6.42 Å². The van der Waals surface area contributed by atoms with Crippen molar-refractivity contribution in [1.82, 2.24) is 4.90 Å². The molecule has 0 aliphatic carbocycles. The highest BCUT2D eigenvalue weighted by Gasteiger charge is 2.24. The largest absolute Gasteiger partial charge is 0.445 e. The van der Waals surface area contributed by atoms with Gasteiger partial charge in [-0.2, -0.15) is 0 Å². The van der Waals surface area contributed by atoms with Crippen LogP contribution in [0.4, 0.5) is 10.5 Å². The van der Waals surface area contributed by atoms with Crippen LogP contribution in [0.2, 0.25) is 0 Å². The van der Waals surface area contributed by atoms with Crippen molar-refractivity contribution >= 4 is 11.8 Å². The van der Waals surface area contributed by atoms with E-state index in [0.29, 0.717) is 18.7 Å². The smallest absolute Gasteiger partial charge is 0.410 e. The topological polar surface area (TPSA) is 98.7 Å². The van der Waals surface area contributed by atoms with Gasteiger partial charge in [0.15, 0.2) is 0 Å². The number of rotatable bonds is 3. The molecule has 2 rings (SSSR count). The highest BCUT2D eigenvalue weighted by Crippen LogP contribution is 2.14. The van der Waals surface area contributed by atoms with Gasteiger partial charge < -0.3 is 15.4 Å². The Bertz CT molecular complexity index is 474. The Balaban J connectivity index is 1.85. The average Bonchev–Trinajstić information content (AvgIpc) is 2.83. The normalized spacial score (nSPS) is 18.4. The molecular weight excluding hydrogens is 250 g/mol. The standard InChI is InChI=1S/C12H15N3O4/c13-10-5-6-14(7-10)12(16)19-8-9-1-3-11(4-2-9)15(17)18/h1-4,10H,5-8,13H2/t10-/m0/s1. The number of nitrogens with two attached hydrogens (primary N) is 1. The van der Waals surface area contributed by atoms with Crippen molar-refractivity contribution < 1.29 is 14.5 Å². The fraction of sp³-hybridized carbons (Fsp3) is 0.417. The van der Waals surface area contributed by atoms with Crippen LogP contribution in [-0.4, -0.2) is 35.0 Å². The van der Waals surface area contributed by atoms with Crippen molar-refractivity contribution in [2.75, 3.05) is 13.1 Å². The van der Waals surface area contributed by atoms with Gasteiger partial charge in [-0.25, -0.2) is 4.79 Å². The minimum absolute atomic E-state index is 0.0144. The summed E-state index contributed by atoms with van der Waals surface area (Å²) in [5, 5.41) is 10.5. The van der Waals surface area contributed by atoms with E-state index in [9.17, 15) is 14.9 Å². The van der Waals surface area contributed by atoms with Gasteiger partial charge >= 0.3 is 6.09 Å². The van der Waals surface area contributed by atoms with Crippen LogP contribution in [0.15, 0.2) is 24.3 Å². The lowest BCUT2D eigenvalue weighted by Gasteiger charge is -2.15. The van der Waals surface area contributed by atoms with Crippen molar-refractivity contribution in [2.24, 2.45) is 5.73 Å². The van der Waals surface area contributed by atoms with E-state index in [1.165, 1.54) is 12.1 Å². The van der Waals surface area contributed by atoms with Gasteiger partial charge in [0.25, 0.3) is 5.69 Å². The second-order valence-electron chi connectivity index (χ2n) is 4.47. The summed E-state index contributed by atoms with van der Waals surface area (Å²) in [6.07, 6.45) is 0.387. The van der Waals surface area contributed by atoms with Crippen molar-refractivity contribution in [3.8, 4) is 0 Å². The van der Waals surface area contributed by atoms with Crippen molar-refractivity contribution in [1.29, 1.82) is 0 Å². The number of likely N-dealkylation sites (tertiary alicyclic amines) is 1. The number of hydrogen-bond acceptors (Lipinski definition) is 5. The van der Waals surface area contributed by atoms with E-state index in [2.05, 4.69) is 0 Å². The fourth-order valence-corrected chi connectivity index (χ4v) is 1.90. The third-order valence-corrected chi connectivity index (χ3v) is 2.99. The molecule has 2 N–H and O–H groups in total. The van der Waals surface area contributed by atoms with Gasteiger partial charge in [-0.15, -0.1) is 0 Å². The van der Waals surface area contributed by atoms with Crippen LogP contribution in [0.25, 0.3) is 0 Å². The lowest BCUT2D eigenvalue weighted by molar-refractivity contribution is -0.384. The molecule has 0 aromatic heterocycles. The summed E-state index contributed by atoms with van der Waals surface area (Å²) in [7, 11) is 0. The SMILES string of the molecule is N[C@H]1CCN(C(=O)OCc2ccc([N+](=O)[O-])cc2)C1. The van der Waals surface area contributed by atoms with Gasteiger partial charge in [-0.3, -0.25) is 10.1 Å². The molecule has 1 heterocycles. The van der Waals surface area contributed by atoms with Gasteiger partial charge in [-0.05, 0) is 24.1 Å². The second kappa shape index (κ2) is 5.66. The minimum Gasteiger partial charge on any atom is -0.445 e. The molecule has 7 heteroatoms. The quantitative estimate of drug-likeness (QED) is 0.655. The molecule has 1 aliphatic heterocycles. The van der Waals surface area contributed by atoms with Crippen LogP contribution in [0, 0.1) is 10.1 Å². The van der Waals surface area contributed by atoms with E-state index in [1.807, 2.05) is 0 Å². The first-order chi connectivity index (χ1) is 9.06. The summed E-state index contributed by atoms with van der Waals surface area (Å²) >= 11 is 0. The molecular formula is C12H15N3O4. The van der Waals surface area contributed by atoms with Gasteiger partial charge in [0.1, 0.15) is 6.61 Å². The maximum absolute atomic E-state index is 11.7. The van der Waals surface area contributed by atoms with Crippen LogP contribution < -0.4 is 5.73 Å². The molecule has 1 saturated heterocycles. The maximum atomic E-state index is 11.7. The Morgan fingerprint density at radius 2 is 2.16 bits per heavy atom. The number of benzene rings is 1. The number of nitrogens with zero attached hydrogens (tertiary/aromatic N) is 2. The van der Waals surface area contributed by atoms with Crippen molar-refractivity contribution in [2.45, 2.75) is 19.1 Å². The Hall–Kier alpha value is -2.15. The predicted octanol–water partition coefficient (Wildman–Crippen LogP) is 1.26. The maximum Gasteiger partial charge on any atom is 0.410 e. The first-order valence-electron chi connectivity index (χ1n) is 5.97. The molecule has 1 fully saturated rings. The molecule has 1 amide bonds.